The zero-order chi connectivity index (χ0) is 27.8. The summed E-state index contributed by atoms with van der Waals surface area (Å²) < 4.78 is 62.7. The summed E-state index contributed by atoms with van der Waals surface area (Å²) >= 11 is 5.89. The number of hydrogen-bond donors (Lipinski definition) is 1. The zero-order valence-corrected chi connectivity index (χ0v) is 22.9. The molecule has 3 rings (SSSR count). The second kappa shape index (κ2) is 13.9. The van der Waals surface area contributed by atoms with Gasteiger partial charge in [0.1, 0.15) is 5.75 Å². The van der Waals surface area contributed by atoms with Crippen molar-refractivity contribution in [3.8, 4) is 17.0 Å². The van der Waals surface area contributed by atoms with E-state index in [0.717, 1.165) is 25.7 Å². The number of amides is 1. The van der Waals surface area contributed by atoms with Crippen molar-refractivity contribution in [3.05, 3.63) is 34.5 Å². The molecule has 7 nitrogen and oxygen atoms in total. The van der Waals surface area contributed by atoms with E-state index in [1.54, 1.807) is 22.9 Å². The lowest BCUT2D eigenvalue weighted by Gasteiger charge is -2.26. The van der Waals surface area contributed by atoms with Crippen LogP contribution in [-0.2, 0) is 24.5 Å². The molecule has 0 saturated heterocycles. The van der Waals surface area contributed by atoms with E-state index in [-0.39, 0.29) is 23.0 Å². The lowest BCUT2D eigenvalue weighted by atomic mass is 9.83. The van der Waals surface area contributed by atoms with Gasteiger partial charge in [0.15, 0.2) is 5.69 Å². The fraction of sp³-hybridized carbons (Fsp3) is 0.600. The van der Waals surface area contributed by atoms with E-state index in [0.29, 0.717) is 41.6 Å². The van der Waals surface area contributed by atoms with Crippen molar-refractivity contribution in [2.45, 2.75) is 65.6 Å². The smallest absolute Gasteiger partial charge is 0.391 e. The average Bonchev–Trinajstić information content (AvgIpc) is 3.19. The Morgan fingerprint density at radius 3 is 2.43 bits per heavy atom. The third-order valence-electron chi connectivity index (χ3n) is 6.72. The van der Waals surface area contributed by atoms with Gasteiger partial charge in [0.25, 0.3) is 5.91 Å². The van der Waals surface area contributed by atoms with Crippen LogP contribution in [0.1, 0.15) is 62.5 Å². The van der Waals surface area contributed by atoms with Crippen LogP contribution < -0.4 is 10.1 Å². The van der Waals surface area contributed by atoms with Crippen molar-refractivity contribution in [2.24, 2.45) is 17.8 Å². The van der Waals surface area contributed by atoms with Crippen molar-refractivity contribution in [3.63, 3.8) is 0 Å². The number of hydrogen-bond acceptors (Lipinski definition) is 5. The molecule has 12 heteroatoms. The maximum absolute atomic E-state index is 13.0. The highest BCUT2D eigenvalue weighted by molar-refractivity contribution is 7.51. The first-order valence-electron chi connectivity index (χ1n) is 12.2. The minimum absolute atomic E-state index is 0.138. The Morgan fingerprint density at radius 2 is 1.89 bits per heavy atom. The van der Waals surface area contributed by atoms with Crippen LogP contribution in [0.5, 0.6) is 5.75 Å². The van der Waals surface area contributed by atoms with E-state index in [2.05, 4.69) is 17.3 Å². The number of carbonyl (C=O) groups excluding carboxylic acids is 1. The summed E-state index contributed by atoms with van der Waals surface area (Å²) in [5.74, 6) is -0.227. The van der Waals surface area contributed by atoms with Gasteiger partial charge in [-0.15, -0.1) is 0 Å². The molecule has 1 amide bonds. The molecule has 1 saturated carbocycles. The Labute approximate surface area is 223 Å². The molecule has 1 aliphatic rings. The van der Waals surface area contributed by atoms with Crippen LogP contribution in [0.2, 0.25) is 5.02 Å². The molecule has 206 valence electrons. The summed E-state index contributed by atoms with van der Waals surface area (Å²) in [6.45, 7) is 6.33. The van der Waals surface area contributed by atoms with Gasteiger partial charge in [0.2, 0.25) is 0 Å². The summed E-state index contributed by atoms with van der Waals surface area (Å²) in [5.41, 5.74) is 1.72. The number of aromatic nitrogens is 2. The van der Waals surface area contributed by atoms with Gasteiger partial charge in [-0.05, 0) is 55.7 Å². The molecule has 1 fully saturated rings. The van der Waals surface area contributed by atoms with Crippen LogP contribution >= 0.6 is 11.6 Å². The first-order chi connectivity index (χ1) is 17.5. The Hall–Kier alpha value is -2.40. The normalized spacial score (nSPS) is 18.4. The van der Waals surface area contributed by atoms with Gasteiger partial charge >= 0.3 is 17.7 Å². The van der Waals surface area contributed by atoms with Gasteiger partial charge in [0, 0.05) is 18.7 Å². The summed E-state index contributed by atoms with van der Waals surface area (Å²) in [7, 11) is 1.45. The quantitative estimate of drug-likeness (QED) is 0.434. The largest absolute Gasteiger partial charge is 0.496 e. The number of carbonyl (C=O) groups is 1. The first kappa shape index (κ1) is 30.8. The van der Waals surface area contributed by atoms with E-state index in [9.17, 15) is 18.0 Å². The molecule has 1 N–H and O–H groups in total. The number of ether oxygens (including phenoxy) is 1. The highest BCUT2D eigenvalue weighted by Gasteiger charge is 2.36. The van der Waals surface area contributed by atoms with Gasteiger partial charge in [-0.1, -0.05) is 44.4 Å². The molecule has 1 aromatic carbocycles. The molecular formula is C25H33ClF3N3O4S. The Morgan fingerprint density at radius 1 is 1.27 bits per heavy atom. The molecule has 37 heavy (non-hydrogen) atoms. The topological polar surface area (TPSA) is 90.3 Å². The van der Waals surface area contributed by atoms with E-state index in [1.807, 2.05) is 6.92 Å². The van der Waals surface area contributed by atoms with Crippen LogP contribution in [0.15, 0.2) is 18.2 Å². The van der Waals surface area contributed by atoms with E-state index >= 15 is 0 Å². The standard InChI is InChI=1S/C25H33ClF3N3O2.O2S/c1-5-32-23(19-11-10-18(13-20(19)34-4)12-16(3)25(27,28)29)21(26)22(31-32)24(33)30-14-17-8-6-15(2)7-9-17;1-3-2/h10-11,13,15-17H,5-9,12,14H2,1-4H3,(H,30,33);/t15?,16-,17?;/m0./s1. The second-order valence-corrected chi connectivity index (χ2v) is 9.93. The van der Waals surface area contributed by atoms with Crippen molar-refractivity contribution in [1.82, 2.24) is 15.1 Å². The molecule has 1 aliphatic carbocycles. The Bertz CT molecular complexity index is 1100. The number of benzene rings is 1. The average molecular weight is 564 g/mol. The number of halogens is 4. The third-order valence-corrected chi connectivity index (χ3v) is 7.08. The van der Waals surface area contributed by atoms with E-state index < -0.39 is 23.7 Å². The molecule has 0 unspecified atom stereocenters. The predicted molar refractivity (Wildman–Crippen MR) is 136 cm³/mol. The third kappa shape index (κ3) is 8.29. The maximum Gasteiger partial charge on any atom is 0.391 e. The van der Waals surface area contributed by atoms with Crippen molar-refractivity contribution < 1.29 is 31.1 Å². The highest BCUT2D eigenvalue weighted by Crippen LogP contribution is 2.38. The van der Waals surface area contributed by atoms with Gasteiger partial charge < -0.3 is 10.1 Å². The van der Waals surface area contributed by atoms with Gasteiger partial charge in [-0.3, -0.25) is 9.48 Å². The number of aryl methyl sites for hydroxylation is 1. The number of rotatable bonds is 8. The summed E-state index contributed by atoms with van der Waals surface area (Å²) in [6, 6.07) is 4.90. The minimum atomic E-state index is -4.27. The van der Waals surface area contributed by atoms with Crippen LogP contribution in [-0.4, -0.2) is 43.9 Å². The first-order valence-corrected chi connectivity index (χ1v) is 13.2. The van der Waals surface area contributed by atoms with Crippen molar-refractivity contribution in [1.29, 1.82) is 0 Å². The Kier molecular flexibility index (Phi) is 11.6. The lowest BCUT2D eigenvalue weighted by Crippen LogP contribution is -2.31. The molecule has 0 spiro atoms. The maximum atomic E-state index is 13.0. The number of methoxy groups -OCH3 is 1. The molecule has 0 bridgehead atoms. The van der Waals surface area contributed by atoms with E-state index in [4.69, 9.17) is 24.8 Å². The predicted octanol–water partition coefficient (Wildman–Crippen LogP) is 5.86. The van der Waals surface area contributed by atoms with Crippen LogP contribution in [0.4, 0.5) is 13.2 Å². The monoisotopic (exact) mass is 563 g/mol. The number of nitrogens with one attached hydrogen (secondary N) is 1. The molecule has 2 aromatic rings. The summed E-state index contributed by atoms with van der Waals surface area (Å²) in [4.78, 5) is 12.9. The van der Waals surface area contributed by atoms with Gasteiger partial charge in [0.05, 0.1) is 23.7 Å². The van der Waals surface area contributed by atoms with E-state index in [1.165, 1.54) is 20.0 Å². The Balaban J connectivity index is 0.00000153. The van der Waals surface area contributed by atoms with Gasteiger partial charge in [-0.25, -0.2) is 0 Å². The fourth-order valence-electron chi connectivity index (χ4n) is 4.45. The second-order valence-electron chi connectivity index (χ2n) is 9.41. The molecule has 0 aliphatic heterocycles. The number of alkyl halides is 3. The van der Waals surface area contributed by atoms with Crippen molar-refractivity contribution in [2.75, 3.05) is 13.7 Å². The summed E-state index contributed by atoms with van der Waals surface area (Å²) in [5, 5.41) is 7.60. The van der Waals surface area contributed by atoms with Crippen molar-refractivity contribution >= 4 is 29.1 Å². The summed E-state index contributed by atoms with van der Waals surface area (Å²) in [6.07, 6.45) is 0.115. The highest BCUT2D eigenvalue weighted by atomic mass is 35.5. The SMILES string of the molecule is CCn1nc(C(=O)NCC2CCC(C)CC2)c(Cl)c1-c1ccc(C[C@H](C)C(F)(F)F)cc1OC.O=S=O. The minimum Gasteiger partial charge on any atom is -0.496 e. The molecule has 1 heterocycles. The fourth-order valence-corrected chi connectivity index (χ4v) is 4.78. The van der Waals surface area contributed by atoms with Crippen LogP contribution in [0.25, 0.3) is 11.3 Å². The number of nitrogens with zero attached hydrogens (tertiary/aromatic N) is 2. The van der Waals surface area contributed by atoms with Gasteiger partial charge in [-0.2, -0.15) is 26.7 Å². The zero-order valence-electron chi connectivity index (χ0n) is 21.4. The molecule has 0 radical (unpaired) electrons. The molecule has 1 atom stereocenters. The lowest BCUT2D eigenvalue weighted by molar-refractivity contribution is -0.169. The molecule has 1 aromatic heterocycles. The molecular weight excluding hydrogens is 531 g/mol. The van der Waals surface area contributed by atoms with Crippen LogP contribution in [0.3, 0.4) is 0 Å². The van der Waals surface area contributed by atoms with Crippen LogP contribution in [0, 0.1) is 17.8 Å².